The summed E-state index contributed by atoms with van der Waals surface area (Å²) in [7, 11) is 1.66. The predicted molar refractivity (Wildman–Crippen MR) is 120 cm³/mol. The van der Waals surface area contributed by atoms with Gasteiger partial charge >= 0.3 is 0 Å². The minimum Gasteiger partial charge on any atom is -0.497 e. The van der Waals surface area contributed by atoms with Gasteiger partial charge in [-0.2, -0.15) is 0 Å². The Bertz CT molecular complexity index is 742. The Morgan fingerprint density at radius 3 is 2.53 bits per heavy atom. The van der Waals surface area contributed by atoms with E-state index in [4.69, 9.17) is 9.47 Å². The average molecular weight is 415 g/mol. The molecule has 0 radical (unpaired) electrons. The second kappa shape index (κ2) is 9.25. The van der Waals surface area contributed by atoms with Crippen molar-refractivity contribution in [3.8, 4) is 5.75 Å². The molecule has 2 aliphatic rings. The summed E-state index contributed by atoms with van der Waals surface area (Å²) >= 11 is 0. The lowest BCUT2D eigenvalue weighted by Crippen LogP contribution is -2.61. The summed E-state index contributed by atoms with van der Waals surface area (Å²) in [5.74, 6) is 1.15. The standard InChI is InChI=1S/C26H38O4/c1-6-7-23(28)26(4)22-13-8-18(2)21(16-27)25(22,3)15-14-24(26)30-17-19-9-11-20(29-5)12-10-19/h6,9-12,21-24,27-28H,1-2,7-8,13-17H2,3-5H3/t21-,22+,23+,24-,25+,26+/m0/s1. The van der Waals surface area contributed by atoms with Crippen molar-refractivity contribution >= 4 is 0 Å². The van der Waals surface area contributed by atoms with Gasteiger partial charge in [0.2, 0.25) is 0 Å². The van der Waals surface area contributed by atoms with Gasteiger partial charge in [0.1, 0.15) is 5.75 Å². The highest BCUT2D eigenvalue weighted by Crippen LogP contribution is 2.62. The number of methoxy groups -OCH3 is 1. The quantitative estimate of drug-likeness (QED) is 0.594. The lowest BCUT2D eigenvalue weighted by molar-refractivity contribution is -0.202. The largest absolute Gasteiger partial charge is 0.497 e. The van der Waals surface area contributed by atoms with Crippen molar-refractivity contribution in [2.75, 3.05) is 13.7 Å². The third-order valence-corrected chi connectivity index (χ3v) is 8.13. The van der Waals surface area contributed by atoms with Crippen molar-refractivity contribution in [3.05, 3.63) is 54.6 Å². The van der Waals surface area contributed by atoms with E-state index >= 15 is 0 Å². The zero-order chi connectivity index (χ0) is 21.9. The van der Waals surface area contributed by atoms with Crippen molar-refractivity contribution < 1.29 is 19.7 Å². The normalized spacial score (nSPS) is 34.8. The summed E-state index contributed by atoms with van der Waals surface area (Å²) in [6, 6.07) is 7.94. The average Bonchev–Trinajstić information content (AvgIpc) is 2.73. The first kappa shape index (κ1) is 23.1. The second-order valence-corrected chi connectivity index (χ2v) is 9.58. The van der Waals surface area contributed by atoms with Crippen LogP contribution in [0.5, 0.6) is 5.75 Å². The molecule has 2 aliphatic carbocycles. The number of benzene rings is 1. The fourth-order valence-corrected chi connectivity index (χ4v) is 6.27. The van der Waals surface area contributed by atoms with Crippen LogP contribution >= 0.6 is 0 Å². The Balaban J connectivity index is 1.87. The van der Waals surface area contributed by atoms with Gasteiger partial charge in [0.25, 0.3) is 0 Å². The first-order valence-corrected chi connectivity index (χ1v) is 11.1. The molecule has 1 aromatic rings. The molecule has 0 unspecified atom stereocenters. The van der Waals surface area contributed by atoms with E-state index in [0.29, 0.717) is 13.0 Å². The summed E-state index contributed by atoms with van der Waals surface area (Å²) < 4.78 is 11.7. The minimum atomic E-state index is -0.536. The molecule has 4 heteroatoms. The van der Waals surface area contributed by atoms with Gasteiger partial charge in [-0.15, -0.1) is 6.58 Å². The topological polar surface area (TPSA) is 58.9 Å². The van der Waals surface area contributed by atoms with Gasteiger partial charge in [-0.3, -0.25) is 0 Å². The molecule has 2 fully saturated rings. The number of ether oxygens (including phenoxy) is 2. The zero-order valence-electron chi connectivity index (χ0n) is 18.8. The number of rotatable bonds is 8. The predicted octanol–water partition coefficient (Wildman–Crippen LogP) is 4.90. The monoisotopic (exact) mass is 414 g/mol. The molecule has 6 atom stereocenters. The Labute approximate surface area is 181 Å². The maximum atomic E-state index is 11.3. The molecule has 0 amide bonds. The summed E-state index contributed by atoms with van der Waals surface area (Å²) in [5, 5.41) is 21.5. The smallest absolute Gasteiger partial charge is 0.118 e. The molecule has 0 saturated heterocycles. The van der Waals surface area contributed by atoms with Gasteiger partial charge in [0.05, 0.1) is 32.5 Å². The molecule has 0 spiro atoms. The van der Waals surface area contributed by atoms with Gasteiger partial charge in [0.15, 0.2) is 0 Å². The van der Waals surface area contributed by atoms with Crippen molar-refractivity contribution in [2.45, 2.75) is 64.8 Å². The molecule has 2 saturated carbocycles. The van der Waals surface area contributed by atoms with Gasteiger partial charge < -0.3 is 19.7 Å². The van der Waals surface area contributed by atoms with Crippen LogP contribution in [0.3, 0.4) is 0 Å². The Morgan fingerprint density at radius 1 is 1.23 bits per heavy atom. The molecule has 2 N–H and O–H groups in total. The lowest BCUT2D eigenvalue weighted by Gasteiger charge is -2.62. The van der Waals surface area contributed by atoms with Gasteiger partial charge in [-0.05, 0) is 61.1 Å². The van der Waals surface area contributed by atoms with E-state index in [-0.39, 0.29) is 30.0 Å². The van der Waals surface area contributed by atoms with Crippen LogP contribution in [0, 0.1) is 22.7 Å². The third kappa shape index (κ3) is 3.98. The fourth-order valence-electron chi connectivity index (χ4n) is 6.27. The van der Waals surface area contributed by atoms with Crippen molar-refractivity contribution in [1.82, 2.24) is 0 Å². The van der Waals surface area contributed by atoms with Crippen LogP contribution in [0.2, 0.25) is 0 Å². The molecule has 0 aliphatic heterocycles. The molecular formula is C26H38O4. The molecule has 0 heterocycles. The second-order valence-electron chi connectivity index (χ2n) is 9.58. The molecule has 30 heavy (non-hydrogen) atoms. The van der Waals surface area contributed by atoms with Crippen molar-refractivity contribution in [1.29, 1.82) is 0 Å². The Morgan fingerprint density at radius 2 is 1.93 bits per heavy atom. The van der Waals surface area contributed by atoms with Crippen LogP contribution in [0.1, 0.15) is 51.5 Å². The van der Waals surface area contributed by atoms with Crippen LogP contribution in [0.25, 0.3) is 0 Å². The number of hydrogen-bond acceptors (Lipinski definition) is 4. The first-order valence-electron chi connectivity index (χ1n) is 11.1. The molecular weight excluding hydrogens is 376 g/mol. The maximum Gasteiger partial charge on any atom is 0.118 e. The minimum absolute atomic E-state index is 0.0571. The van der Waals surface area contributed by atoms with Crippen LogP contribution in [0.15, 0.2) is 49.1 Å². The van der Waals surface area contributed by atoms with Crippen LogP contribution < -0.4 is 4.74 Å². The lowest BCUT2D eigenvalue weighted by atomic mass is 9.45. The Kier molecular flexibility index (Phi) is 7.11. The summed E-state index contributed by atoms with van der Waals surface area (Å²) in [5.41, 5.74) is 1.74. The highest BCUT2D eigenvalue weighted by atomic mass is 16.5. The van der Waals surface area contributed by atoms with E-state index in [2.05, 4.69) is 27.0 Å². The maximum absolute atomic E-state index is 11.3. The number of fused-ring (bicyclic) bond motifs is 1. The van der Waals surface area contributed by atoms with E-state index in [0.717, 1.165) is 42.6 Å². The molecule has 0 aromatic heterocycles. The van der Waals surface area contributed by atoms with Crippen LogP contribution in [-0.2, 0) is 11.3 Å². The summed E-state index contributed by atoms with van der Waals surface area (Å²) in [4.78, 5) is 0. The summed E-state index contributed by atoms with van der Waals surface area (Å²) in [6.45, 7) is 13.2. The van der Waals surface area contributed by atoms with Crippen molar-refractivity contribution in [3.63, 3.8) is 0 Å². The zero-order valence-corrected chi connectivity index (χ0v) is 18.8. The fraction of sp³-hybridized carbons (Fsp3) is 0.615. The number of aliphatic hydroxyl groups is 2. The van der Waals surface area contributed by atoms with E-state index in [1.165, 1.54) is 0 Å². The molecule has 166 valence electrons. The molecule has 0 bridgehead atoms. The third-order valence-electron chi connectivity index (χ3n) is 8.13. The van der Waals surface area contributed by atoms with E-state index in [1.54, 1.807) is 13.2 Å². The van der Waals surface area contributed by atoms with Gasteiger partial charge in [-0.1, -0.05) is 44.2 Å². The summed E-state index contributed by atoms with van der Waals surface area (Å²) in [6.07, 6.45) is 5.43. The van der Waals surface area contributed by atoms with E-state index < -0.39 is 11.5 Å². The first-order chi connectivity index (χ1) is 14.3. The number of hydrogen-bond donors (Lipinski definition) is 2. The SMILES string of the molecule is C=CC[C@@H](O)[C@]1(C)[C@@H](OCc2ccc(OC)cc2)CC[C@@]2(C)[C@H]1CCC(=C)[C@@H]2CO. The van der Waals surface area contributed by atoms with Crippen LogP contribution in [0.4, 0.5) is 0 Å². The van der Waals surface area contributed by atoms with E-state index in [9.17, 15) is 10.2 Å². The highest BCUT2D eigenvalue weighted by molar-refractivity contribution is 5.27. The Hall–Kier alpha value is -1.62. The van der Waals surface area contributed by atoms with Crippen LogP contribution in [-0.4, -0.2) is 36.1 Å². The molecule has 4 nitrogen and oxygen atoms in total. The van der Waals surface area contributed by atoms with Crippen molar-refractivity contribution in [2.24, 2.45) is 22.7 Å². The van der Waals surface area contributed by atoms with Gasteiger partial charge in [0, 0.05) is 11.3 Å². The molecule has 3 rings (SSSR count). The highest BCUT2D eigenvalue weighted by Gasteiger charge is 2.60. The van der Waals surface area contributed by atoms with E-state index in [1.807, 2.05) is 24.3 Å². The van der Waals surface area contributed by atoms with Gasteiger partial charge in [-0.25, -0.2) is 0 Å². The number of aliphatic hydroxyl groups excluding tert-OH is 2. The molecule has 1 aromatic carbocycles.